The van der Waals surface area contributed by atoms with Crippen molar-refractivity contribution in [2.24, 2.45) is 0 Å². The number of hydrogen-bond acceptors (Lipinski definition) is 5. The van der Waals surface area contributed by atoms with Gasteiger partial charge in [0.15, 0.2) is 5.76 Å². The zero-order chi connectivity index (χ0) is 15.5. The fourth-order valence-corrected chi connectivity index (χ4v) is 3.55. The number of ether oxygens (including phenoxy) is 1. The fourth-order valence-electron chi connectivity index (χ4n) is 1.83. The average Bonchev–Trinajstić information content (AvgIpc) is 2.75. The lowest BCUT2D eigenvalue weighted by Crippen LogP contribution is -2.29. The van der Waals surface area contributed by atoms with E-state index in [-0.39, 0.29) is 23.8 Å². The molecule has 8 heteroatoms. The van der Waals surface area contributed by atoms with Crippen LogP contribution in [-0.4, -0.2) is 26.7 Å². The lowest BCUT2D eigenvalue weighted by atomic mass is 10.3. The first-order valence-corrected chi connectivity index (χ1v) is 8.48. The fraction of sp³-hybridized carbons (Fsp3) is 0.308. The summed E-state index contributed by atoms with van der Waals surface area (Å²) in [7, 11) is -3.64. The molecule has 2 rings (SSSR count). The normalized spacial score (nSPS) is 11.6. The van der Waals surface area contributed by atoms with Gasteiger partial charge in [-0.3, -0.25) is 0 Å². The first-order valence-electron chi connectivity index (χ1n) is 6.21. The van der Waals surface area contributed by atoms with Crippen LogP contribution in [0.25, 0.3) is 0 Å². The van der Waals surface area contributed by atoms with E-state index >= 15 is 0 Å². The van der Waals surface area contributed by atoms with E-state index in [1.54, 1.807) is 19.9 Å². The molecular formula is C13H15BrN2O4S. The molecule has 0 radical (unpaired) electrons. The summed E-state index contributed by atoms with van der Waals surface area (Å²) in [6, 6.07) is 7.33. The van der Waals surface area contributed by atoms with Crippen molar-refractivity contribution < 1.29 is 17.7 Å². The largest absolute Gasteiger partial charge is 0.492 e. The lowest BCUT2D eigenvalue weighted by Gasteiger charge is -2.08. The lowest BCUT2D eigenvalue weighted by molar-refractivity contribution is 0.322. The highest BCUT2D eigenvalue weighted by molar-refractivity contribution is 9.10. The van der Waals surface area contributed by atoms with Crippen molar-refractivity contribution in [1.29, 1.82) is 0 Å². The number of halogens is 1. The predicted molar refractivity (Wildman–Crippen MR) is 80.8 cm³/mol. The topological polar surface area (TPSA) is 81.4 Å². The van der Waals surface area contributed by atoms with E-state index in [0.29, 0.717) is 11.4 Å². The molecule has 6 nitrogen and oxygen atoms in total. The second-order valence-corrected chi connectivity index (χ2v) is 6.98. The number of hydrogen-bond donors (Lipinski definition) is 1. The van der Waals surface area contributed by atoms with Crippen molar-refractivity contribution in [2.75, 3.05) is 13.2 Å². The molecule has 1 aromatic heterocycles. The Balaban J connectivity index is 1.91. The molecular weight excluding hydrogens is 360 g/mol. The van der Waals surface area contributed by atoms with E-state index in [1.807, 2.05) is 18.2 Å². The number of benzene rings is 1. The molecule has 0 amide bonds. The van der Waals surface area contributed by atoms with Crippen LogP contribution in [0.5, 0.6) is 5.75 Å². The van der Waals surface area contributed by atoms with Crippen LogP contribution < -0.4 is 9.46 Å². The van der Waals surface area contributed by atoms with Gasteiger partial charge in [0.1, 0.15) is 22.9 Å². The van der Waals surface area contributed by atoms with Gasteiger partial charge in [-0.05, 0) is 32.0 Å². The summed E-state index contributed by atoms with van der Waals surface area (Å²) in [5, 5.41) is 3.64. The predicted octanol–water partition coefficient (Wildman–Crippen LogP) is 2.41. The maximum Gasteiger partial charge on any atom is 0.246 e. The third-order valence-electron chi connectivity index (χ3n) is 2.70. The van der Waals surface area contributed by atoms with Gasteiger partial charge in [-0.15, -0.1) is 0 Å². The number of nitrogens with one attached hydrogen (secondary N) is 1. The monoisotopic (exact) mass is 374 g/mol. The second-order valence-electron chi connectivity index (χ2n) is 4.36. The van der Waals surface area contributed by atoms with E-state index in [1.165, 1.54) is 0 Å². The van der Waals surface area contributed by atoms with Crippen LogP contribution in [0.15, 0.2) is 38.2 Å². The summed E-state index contributed by atoms with van der Waals surface area (Å²) >= 11 is 3.34. The van der Waals surface area contributed by atoms with Crippen LogP contribution >= 0.6 is 15.9 Å². The van der Waals surface area contributed by atoms with Crippen LogP contribution in [0.3, 0.4) is 0 Å². The Morgan fingerprint density at radius 1 is 1.38 bits per heavy atom. The molecule has 0 aliphatic rings. The van der Waals surface area contributed by atoms with E-state index in [4.69, 9.17) is 9.26 Å². The Hall–Kier alpha value is -1.38. The first-order chi connectivity index (χ1) is 9.90. The third-order valence-corrected chi connectivity index (χ3v) is 4.89. The molecule has 21 heavy (non-hydrogen) atoms. The van der Waals surface area contributed by atoms with Gasteiger partial charge in [0, 0.05) is 11.0 Å². The smallest absolute Gasteiger partial charge is 0.246 e. The standard InChI is InChI=1S/C13H15BrN2O4S/c1-9-13(10(2)20-16-9)21(17,18)15-6-7-19-12-5-3-4-11(14)8-12/h3-5,8,15H,6-7H2,1-2H3. The molecule has 0 unspecified atom stereocenters. The molecule has 0 atom stereocenters. The summed E-state index contributed by atoms with van der Waals surface area (Å²) in [6.45, 7) is 3.52. The highest BCUT2D eigenvalue weighted by atomic mass is 79.9. The molecule has 0 spiro atoms. The molecule has 1 aromatic carbocycles. The number of sulfonamides is 1. The van der Waals surface area contributed by atoms with Gasteiger partial charge in [-0.1, -0.05) is 27.2 Å². The summed E-state index contributed by atoms with van der Waals surface area (Å²) < 4.78 is 37.9. The minimum Gasteiger partial charge on any atom is -0.492 e. The number of nitrogens with zero attached hydrogens (tertiary/aromatic N) is 1. The number of aromatic nitrogens is 1. The SMILES string of the molecule is Cc1noc(C)c1S(=O)(=O)NCCOc1cccc(Br)c1. The quantitative estimate of drug-likeness (QED) is 0.785. The van der Waals surface area contributed by atoms with Crippen LogP contribution in [0.1, 0.15) is 11.5 Å². The van der Waals surface area contributed by atoms with E-state index in [2.05, 4.69) is 25.8 Å². The Morgan fingerprint density at radius 2 is 2.14 bits per heavy atom. The Kier molecular flexibility index (Phi) is 5.02. The van der Waals surface area contributed by atoms with Crippen LogP contribution in [0.4, 0.5) is 0 Å². The molecule has 0 bridgehead atoms. The maximum absolute atomic E-state index is 12.1. The molecule has 114 valence electrons. The molecule has 0 fully saturated rings. The number of aryl methyl sites for hydroxylation is 2. The van der Waals surface area contributed by atoms with Crippen LogP contribution in [-0.2, 0) is 10.0 Å². The van der Waals surface area contributed by atoms with Gasteiger partial charge in [0.25, 0.3) is 0 Å². The number of rotatable bonds is 6. The summed E-state index contributed by atoms with van der Waals surface area (Å²) in [4.78, 5) is 0.0879. The second kappa shape index (κ2) is 6.59. The summed E-state index contributed by atoms with van der Waals surface area (Å²) in [5.41, 5.74) is 0.341. The average molecular weight is 375 g/mol. The van der Waals surface area contributed by atoms with Crippen LogP contribution in [0.2, 0.25) is 0 Å². The van der Waals surface area contributed by atoms with Crippen molar-refractivity contribution in [2.45, 2.75) is 18.7 Å². The van der Waals surface area contributed by atoms with Gasteiger partial charge >= 0.3 is 0 Å². The third kappa shape index (κ3) is 4.05. The molecule has 0 saturated heterocycles. The van der Waals surface area contributed by atoms with E-state index < -0.39 is 10.0 Å². The van der Waals surface area contributed by atoms with Crippen molar-refractivity contribution in [3.63, 3.8) is 0 Å². The van der Waals surface area contributed by atoms with Gasteiger partial charge < -0.3 is 9.26 Å². The van der Waals surface area contributed by atoms with Gasteiger partial charge in [0.2, 0.25) is 10.0 Å². The van der Waals surface area contributed by atoms with Crippen molar-refractivity contribution in [1.82, 2.24) is 9.88 Å². The summed E-state index contributed by atoms with van der Waals surface area (Å²) in [6.07, 6.45) is 0. The molecule has 0 aliphatic carbocycles. The highest BCUT2D eigenvalue weighted by Gasteiger charge is 2.23. The Bertz CT molecular complexity index is 708. The Morgan fingerprint density at radius 3 is 2.76 bits per heavy atom. The highest BCUT2D eigenvalue weighted by Crippen LogP contribution is 2.19. The van der Waals surface area contributed by atoms with Gasteiger partial charge in [0.05, 0.1) is 0 Å². The zero-order valence-electron chi connectivity index (χ0n) is 11.6. The van der Waals surface area contributed by atoms with Crippen molar-refractivity contribution >= 4 is 26.0 Å². The molecule has 0 aliphatic heterocycles. The molecule has 2 aromatic rings. The van der Waals surface area contributed by atoms with Gasteiger partial charge in [-0.2, -0.15) is 0 Å². The molecule has 1 N–H and O–H groups in total. The zero-order valence-corrected chi connectivity index (χ0v) is 14.0. The van der Waals surface area contributed by atoms with Gasteiger partial charge in [-0.25, -0.2) is 13.1 Å². The molecule has 0 saturated carbocycles. The minimum atomic E-state index is -3.64. The maximum atomic E-state index is 12.1. The van der Waals surface area contributed by atoms with E-state index in [0.717, 1.165) is 4.47 Å². The summed E-state index contributed by atoms with van der Waals surface area (Å²) in [5.74, 6) is 0.939. The Labute approximate surface area is 131 Å². The first kappa shape index (κ1) is 16.0. The molecule has 1 heterocycles. The van der Waals surface area contributed by atoms with Crippen LogP contribution in [0, 0.1) is 13.8 Å². The minimum absolute atomic E-state index is 0.0879. The van der Waals surface area contributed by atoms with E-state index in [9.17, 15) is 8.42 Å². The van der Waals surface area contributed by atoms with Crippen molar-refractivity contribution in [3.8, 4) is 5.75 Å². The van der Waals surface area contributed by atoms with Crippen molar-refractivity contribution in [3.05, 3.63) is 40.2 Å².